The van der Waals surface area contributed by atoms with Crippen molar-refractivity contribution in [2.45, 2.75) is 24.3 Å². The first-order valence-electron chi connectivity index (χ1n) is 9.82. The number of ether oxygens (including phenoxy) is 2. The lowest BCUT2D eigenvalue weighted by Crippen LogP contribution is -2.43. The number of nitro groups is 1. The van der Waals surface area contributed by atoms with Gasteiger partial charge in [-0.25, -0.2) is 9.59 Å². The molecule has 2 heterocycles. The van der Waals surface area contributed by atoms with Crippen LogP contribution in [0.15, 0.2) is 49.1 Å². The lowest BCUT2D eigenvalue weighted by Gasteiger charge is -2.23. The number of thiol groups is 1. The first-order chi connectivity index (χ1) is 15.8. The number of non-ortho nitro benzene ring substituents is 1. The average molecular weight is 492 g/mol. The fraction of sp³-hybridized carbons (Fsp3) is 0.286. The van der Waals surface area contributed by atoms with E-state index in [1.54, 1.807) is 6.07 Å². The summed E-state index contributed by atoms with van der Waals surface area (Å²) in [6, 6.07) is 7.96. The van der Waals surface area contributed by atoms with E-state index in [1.165, 1.54) is 41.3 Å². The van der Waals surface area contributed by atoms with Gasteiger partial charge >= 0.3 is 12.1 Å². The molecule has 0 spiro atoms. The number of amides is 2. The Morgan fingerprint density at radius 3 is 2.64 bits per heavy atom. The van der Waals surface area contributed by atoms with Crippen molar-refractivity contribution in [1.29, 1.82) is 0 Å². The van der Waals surface area contributed by atoms with Gasteiger partial charge < -0.3 is 14.8 Å². The van der Waals surface area contributed by atoms with Crippen LogP contribution in [0.1, 0.15) is 21.7 Å². The van der Waals surface area contributed by atoms with Gasteiger partial charge in [0.15, 0.2) is 0 Å². The summed E-state index contributed by atoms with van der Waals surface area (Å²) >= 11 is 5.46. The molecule has 0 bridgehead atoms. The topological polar surface area (TPSA) is 128 Å². The quantitative estimate of drug-likeness (QED) is 0.190. The van der Waals surface area contributed by atoms with E-state index in [0.29, 0.717) is 21.9 Å². The molecule has 0 unspecified atom stereocenters. The molecule has 1 N–H and O–H groups in total. The molecule has 174 valence electrons. The van der Waals surface area contributed by atoms with Crippen molar-refractivity contribution in [3.05, 3.63) is 69.6 Å². The van der Waals surface area contributed by atoms with Crippen LogP contribution in [-0.4, -0.2) is 52.2 Å². The van der Waals surface area contributed by atoms with Gasteiger partial charge in [0, 0.05) is 23.9 Å². The highest BCUT2D eigenvalue weighted by molar-refractivity contribution is 7.81. The number of esters is 1. The van der Waals surface area contributed by atoms with Crippen LogP contribution in [0, 0.1) is 10.1 Å². The molecule has 12 heteroatoms. The molecule has 3 rings (SSSR count). The van der Waals surface area contributed by atoms with Crippen LogP contribution >= 0.6 is 24.0 Å². The van der Waals surface area contributed by atoms with Gasteiger partial charge in [-0.2, -0.15) is 12.6 Å². The molecule has 0 radical (unpaired) electrons. The van der Waals surface area contributed by atoms with E-state index >= 15 is 0 Å². The molecule has 2 aromatic rings. The number of carbonyl (C=O) groups is 3. The number of nitrogens with zero attached hydrogens (tertiary/aromatic N) is 2. The van der Waals surface area contributed by atoms with E-state index in [-0.39, 0.29) is 30.7 Å². The average Bonchev–Trinajstić information content (AvgIpc) is 3.42. The Kier molecular flexibility index (Phi) is 8.06. The summed E-state index contributed by atoms with van der Waals surface area (Å²) in [4.78, 5) is 49.2. The zero-order valence-corrected chi connectivity index (χ0v) is 19.1. The van der Waals surface area contributed by atoms with Gasteiger partial charge in [0.05, 0.1) is 9.92 Å². The summed E-state index contributed by atoms with van der Waals surface area (Å²) in [5, 5.41) is 13.7. The number of anilines is 1. The molecule has 2 atom stereocenters. The summed E-state index contributed by atoms with van der Waals surface area (Å²) in [7, 11) is 0. The molecule has 1 fully saturated rings. The summed E-state index contributed by atoms with van der Waals surface area (Å²) < 4.78 is 10.3. The van der Waals surface area contributed by atoms with Crippen LogP contribution in [-0.2, 0) is 20.9 Å². The molecule has 0 aliphatic carbocycles. The number of likely N-dealkylation sites (tertiary alicyclic amines) is 1. The number of hydrogen-bond acceptors (Lipinski definition) is 9. The van der Waals surface area contributed by atoms with Gasteiger partial charge in [-0.15, -0.1) is 11.3 Å². The third kappa shape index (κ3) is 6.33. The minimum Gasteiger partial charge on any atom is -0.457 e. The van der Waals surface area contributed by atoms with Crippen LogP contribution in [0.4, 0.5) is 15.5 Å². The molecular weight excluding hydrogens is 470 g/mol. The first-order valence-corrected chi connectivity index (χ1v) is 11.1. The van der Waals surface area contributed by atoms with Gasteiger partial charge in [-0.05, 0) is 36.2 Å². The third-order valence-electron chi connectivity index (χ3n) is 4.71. The highest BCUT2D eigenvalue weighted by Gasteiger charge is 2.39. The van der Waals surface area contributed by atoms with Crippen LogP contribution in [0.3, 0.4) is 0 Å². The van der Waals surface area contributed by atoms with E-state index in [2.05, 4.69) is 24.5 Å². The molecule has 1 aromatic carbocycles. The number of benzene rings is 1. The number of hydrogen-bond donors (Lipinski definition) is 2. The van der Waals surface area contributed by atoms with Crippen LogP contribution in [0.5, 0.6) is 0 Å². The molecule has 1 aromatic heterocycles. The largest absolute Gasteiger partial charge is 0.457 e. The Balaban J connectivity index is 1.59. The Labute approximate surface area is 198 Å². The summed E-state index contributed by atoms with van der Waals surface area (Å²) in [6.45, 7) is 3.69. The normalized spacial score (nSPS) is 17.3. The molecule has 1 aliphatic rings. The van der Waals surface area contributed by atoms with Gasteiger partial charge in [-0.1, -0.05) is 12.7 Å². The van der Waals surface area contributed by atoms with Crippen molar-refractivity contribution < 1.29 is 28.8 Å². The molecule has 2 amide bonds. The fourth-order valence-electron chi connectivity index (χ4n) is 3.13. The number of nitrogens with one attached hydrogen (secondary N) is 1. The Morgan fingerprint density at radius 1 is 1.24 bits per heavy atom. The molecule has 1 saturated heterocycles. The van der Waals surface area contributed by atoms with Crippen molar-refractivity contribution in [3.8, 4) is 0 Å². The molecule has 1 aliphatic heterocycles. The third-order valence-corrected chi connectivity index (χ3v) is 6.07. The molecule has 10 nitrogen and oxygen atoms in total. The first kappa shape index (κ1) is 24.3. The number of rotatable bonds is 8. The minimum atomic E-state index is -0.796. The van der Waals surface area contributed by atoms with E-state index < -0.39 is 28.9 Å². The van der Waals surface area contributed by atoms with Crippen molar-refractivity contribution in [2.75, 3.05) is 18.5 Å². The van der Waals surface area contributed by atoms with Crippen molar-refractivity contribution >= 4 is 52.6 Å². The maximum absolute atomic E-state index is 12.8. The van der Waals surface area contributed by atoms with E-state index in [9.17, 15) is 24.5 Å². The summed E-state index contributed by atoms with van der Waals surface area (Å²) in [5.41, 5.74) is 0.510. The second-order valence-corrected chi connectivity index (χ2v) is 8.89. The number of nitro benzene ring substituents is 1. The fourth-order valence-corrected chi connectivity index (χ4v) is 4.31. The van der Waals surface area contributed by atoms with Gasteiger partial charge in [0.25, 0.3) is 5.69 Å². The zero-order valence-electron chi connectivity index (χ0n) is 17.3. The highest BCUT2D eigenvalue weighted by atomic mass is 32.1. The lowest BCUT2D eigenvalue weighted by molar-refractivity contribution is -0.384. The predicted octanol–water partition coefficient (Wildman–Crippen LogP) is 3.65. The Hall–Kier alpha value is -3.38. The molecular formula is C21H21N3O7S2. The van der Waals surface area contributed by atoms with Gasteiger partial charge in [0.2, 0.25) is 5.91 Å². The standard InChI is InChI=1S/C21H21N3O7S2/c1-2-9-30-20(26)17-7-8-18(33-17)22-19(25)16-10-15(32)11-23(16)21(27)31-12-13-3-5-14(6-4-13)24(28)29/h2-8,15-16,32H,1,9-12H2,(H,22,25)/t15-,16-/m0/s1. The second-order valence-electron chi connectivity index (χ2n) is 7.08. The second kappa shape index (κ2) is 11.0. The molecule has 0 saturated carbocycles. The van der Waals surface area contributed by atoms with E-state index in [4.69, 9.17) is 9.47 Å². The van der Waals surface area contributed by atoms with E-state index in [0.717, 1.165) is 11.3 Å². The minimum absolute atomic E-state index is 0.0648. The van der Waals surface area contributed by atoms with Crippen molar-refractivity contribution in [3.63, 3.8) is 0 Å². The van der Waals surface area contributed by atoms with Crippen LogP contribution in [0.2, 0.25) is 0 Å². The van der Waals surface area contributed by atoms with Crippen molar-refractivity contribution in [2.24, 2.45) is 0 Å². The predicted molar refractivity (Wildman–Crippen MR) is 125 cm³/mol. The van der Waals surface area contributed by atoms with Crippen molar-refractivity contribution in [1.82, 2.24) is 4.90 Å². The maximum Gasteiger partial charge on any atom is 0.410 e. The van der Waals surface area contributed by atoms with Crippen LogP contribution < -0.4 is 5.32 Å². The smallest absolute Gasteiger partial charge is 0.410 e. The zero-order chi connectivity index (χ0) is 24.0. The Morgan fingerprint density at radius 2 is 1.97 bits per heavy atom. The van der Waals surface area contributed by atoms with Gasteiger partial charge in [-0.3, -0.25) is 19.8 Å². The number of thiophene rings is 1. The van der Waals surface area contributed by atoms with Gasteiger partial charge in [0.1, 0.15) is 24.1 Å². The monoisotopic (exact) mass is 491 g/mol. The van der Waals surface area contributed by atoms with Crippen LogP contribution in [0.25, 0.3) is 0 Å². The highest BCUT2D eigenvalue weighted by Crippen LogP contribution is 2.27. The SMILES string of the molecule is C=CCOC(=O)c1ccc(NC(=O)[C@@H]2C[C@H](S)CN2C(=O)OCc2ccc([N+](=O)[O-])cc2)s1. The maximum atomic E-state index is 12.8. The summed E-state index contributed by atoms with van der Waals surface area (Å²) in [6.07, 6.45) is 1.10. The number of carbonyl (C=O) groups excluding carboxylic acids is 3. The lowest BCUT2D eigenvalue weighted by atomic mass is 10.2. The van der Waals surface area contributed by atoms with E-state index in [1.807, 2.05) is 0 Å². The Bertz CT molecular complexity index is 1050. The molecule has 33 heavy (non-hydrogen) atoms. The summed E-state index contributed by atoms with van der Waals surface area (Å²) in [5.74, 6) is -0.945.